The predicted molar refractivity (Wildman–Crippen MR) is 81.0 cm³/mol. The van der Waals surface area contributed by atoms with Crippen molar-refractivity contribution >= 4 is 12.0 Å². The quantitative estimate of drug-likeness (QED) is 0.699. The number of carbonyl (C=O) groups is 2. The van der Waals surface area contributed by atoms with Crippen molar-refractivity contribution in [3.63, 3.8) is 0 Å². The highest BCUT2D eigenvalue weighted by molar-refractivity contribution is 5.84. The monoisotopic (exact) mass is 296 g/mol. The Hall–Kier alpha value is -1.26. The van der Waals surface area contributed by atoms with E-state index < -0.39 is 11.6 Å². The van der Waals surface area contributed by atoms with Crippen LogP contribution in [0.1, 0.15) is 59.3 Å². The maximum absolute atomic E-state index is 12.7. The number of urea groups is 1. The van der Waals surface area contributed by atoms with E-state index in [4.69, 9.17) is 4.74 Å². The van der Waals surface area contributed by atoms with Gasteiger partial charge in [-0.3, -0.25) is 0 Å². The van der Waals surface area contributed by atoms with E-state index in [9.17, 15) is 9.59 Å². The summed E-state index contributed by atoms with van der Waals surface area (Å²) in [5.74, 6) is -0.261. The molecule has 0 spiro atoms. The molecule has 0 bridgehead atoms. The molecule has 2 saturated heterocycles. The summed E-state index contributed by atoms with van der Waals surface area (Å²) >= 11 is 0. The molecule has 0 aliphatic carbocycles. The first-order valence-corrected chi connectivity index (χ1v) is 8.17. The molecule has 2 rings (SSSR count). The molecule has 0 unspecified atom stereocenters. The summed E-state index contributed by atoms with van der Waals surface area (Å²) in [6.45, 7) is 7.88. The predicted octanol–water partition coefficient (Wildman–Crippen LogP) is 2.79. The van der Waals surface area contributed by atoms with Crippen LogP contribution in [0, 0.1) is 0 Å². The van der Waals surface area contributed by atoms with Gasteiger partial charge < -0.3 is 14.5 Å². The lowest BCUT2D eigenvalue weighted by molar-refractivity contribution is -0.159. The Morgan fingerprint density at radius 2 is 1.57 bits per heavy atom. The van der Waals surface area contributed by atoms with Crippen molar-refractivity contribution < 1.29 is 14.3 Å². The van der Waals surface area contributed by atoms with E-state index in [0.29, 0.717) is 13.0 Å². The molecule has 5 heteroatoms. The summed E-state index contributed by atoms with van der Waals surface area (Å²) in [4.78, 5) is 28.6. The largest absolute Gasteiger partial charge is 0.458 e. The molecule has 0 aromatic carbocycles. The number of hydrogen-bond acceptors (Lipinski definition) is 3. The van der Waals surface area contributed by atoms with Crippen molar-refractivity contribution in [2.45, 2.75) is 70.9 Å². The Bertz CT molecular complexity index is 381. The molecule has 0 aromatic heterocycles. The molecule has 0 aromatic rings. The second kappa shape index (κ2) is 6.67. The van der Waals surface area contributed by atoms with Crippen LogP contribution < -0.4 is 0 Å². The van der Waals surface area contributed by atoms with Gasteiger partial charge in [-0.25, -0.2) is 9.59 Å². The van der Waals surface area contributed by atoms with Crippen molar-refractivity contribution in [1.82, 2.24) is 9.80 Å². The Morgan fingerprint density at radius 3 is 2.14 bits per heavy atom. The van der Waals surface area contributed by atoms with E-state index in [2.05, 4.69) is 0 Å². The molecular weight excluding hydrogens is 268 g/mol. The van der Waals surface area contributed by atoms with E-state index in [1.165, 1.54) is 12.8 Å². The zero-order valence-corrected chi connectivity index (χ0v) is 13.6. The fraction of sp³-hybridized carbons (Fsp3) is 0.875. The highest BCUT2D eigenvalue weighted by atomic mass is 16.6. The van der Waals surface area contributed by atoms with Gasteiger partial charge in [0, 0.05) is 19.6 Å². The average Bonchev–Trinajstić information content (AvgIpc) is 2.71. The van der Waals surface area contributed by atoms with Crippen LogP contribution in [0.25, 0.3) is 0 Å². The maximum atomic E-state index is 12.7. The van der Waals surface area contributed by atoms with Crippen molar-refractivity contribution in [3.05, 3.63) is 0 Å². The van der Waals surface area contributed by atoms with Crippen molar-refractivity contribution in [2.75, 3.05) is 19.6 Å². The molecule has 0 N–H and O–H groups in total. The van der Waals surface area contributed by atoms with Gasteiger partial charge in [-0.05, 0) is 46.5 Å². The molecule has 2 heterocycles. The summed E-state index contributed by atoms with van der Waals surface area (Å²) < 4.78 is 5.46. The smallest absolute Gasteiger partial charge is 0.329 e. The molecular formula is C16H28N2O3. The van der Waals surface area contributed by atoms with Gasteiger partial charge in [0.05, 0.1) is 0 Å². The van der Waals surface area contributed by atoms with Crippen LogP contribution in [-0.4, -0.2) is 53.1 Å². The fourth-order valence-corrected chi connectivity index (χ4v) is 3.05. The number of nitrogens with zero attached hydrogens (tertiary/aromatic N) is 2. The van der Waals surface area contributed by atoms with Crippen LogP contribution in [0.3, 0.4) is 0 Å². The Morgan fingerprint density at radius 1 is 0.952 bits per heavy atom. The molecule has 0 saturated carbocycles. The molecule has 2 aliphatic rings. The molecule has 1 atom stereocenters. The molecule has 2 amide bonds. The fourth-order valence-electron chi connectivity index (χ4n) is 3.05. The third-order valence-electron chi connectivity index (χ3n) is 4.05. The molecule has 120 valence electrons. The van der Waals surface area contributed by atoms with Gasteiger partial charge in [0.25, 0.3) is 0 Å². The Kier molecular flexibility index (Phi) is 5.12. The van der Waals surface area contributed by atoms with E-state index >= 15 is 0 Å². The van der Waals surface area contributed by atoms with E-state index in [1.54, 1.807) is 4.90 Å². The minimum absolute atomic E-state index is 0.0188. The lowest BCUT2D eigenvalue weighted by atomic mass is 10.1. The first-order valence-electron chi connectivity index (χ1n) is 8.17. The molecule has 0 radical (unpaired) electrons. The topological polar surface area (TPSA) is 49.9 Å². The van der Waals surface area contributed by atoms with Crippen LogP contribution in [-0.2, 0) is 9.53 Å². The standard InChI is InChI=1S/C16H28N2O3/c1-16(2,3)21-14(19)13-9-8-12-18(13)15(20)17-10-6-4-5-7-11-17/h13H,4-12H2,1-3H3/t13-/m0/s1. The summed E-state index contributed by atoms with van der Waals surface area (Å²) in [6, 6.07) is -0.384. The average molecular weight is 296 g/mol. The molecule has 5 nitrogen and oxygen atoms in total. The second-order valence-electron chi connectivity index (χ2n) is 7.07. The summed E-state index contributed by atoms with van der Waals surface area (Å²) in [6.07, 6.45) is 6.11. The third kappa shape index (κ3) is 4.35. The lowest BCUT2D eigenvalue weighted by Gasteiger charge is -2.31. The molecule has 2 fully saturated rings. The van der Waals surface area contributed by atoms with Gasteiger partial charge in [-0.15, -0.1) is 0 Å². The minimum atomic E-state index is -0.503. The van der Waals surface area contributed by atoms with Gasteiger partial charge in [0.15, 0.2) is 0 Å². The third-order valence-corrected chi connectivity index (χ3v) is 4.05. The van der Waals surface area contributed by atoms with E-state index in [1.807, 2.05) is 25.7 Å². The van der Waals surface area contributed by atoms with Gasteiger partial charge in [0.1, 0.15) is 11.6 Å². The molecule has 21 heavy (non-hydrogen) atoms. The Labute approximate surface area is 127 Å². The van der Waals surface area contributed by atoms with Crippen molar-refractivity contribution in [3.8, 4) is 0 Å². The zero-order chi connectivity index (χ0) is 15.5. The normalized spacial score (nSPS) is 23.9. The number of likely N-dealkylation sites (tertiary alicyclic amines) is 2. The van der Waals surface area contributed by atoms with Crippen molar-refractivity contribution in [1.29, 1.82) is 0 Å². The Balaban J connectivity index is 2.00. The van der Waals surface area contributed by atoms with Crippen molar-refractivity contribution in [2.24, 2.45) is 0 Å². The van der Waals surface area contributed by atoms with E-state index in [0.717, 1.165) is 32.4 Å². The summed E-state index contributed by atoms with van der Waals surface area (Å²) in [5.41, 5.74) is -0.503. The van der Waals surface area contributed by atoms with Gasteiger partial charge >= 0.3 is 12.0 Å². The maximum Gasteiger partial charge on any atom is 0.329 e. The number of amides is 2. The number of esters is 1. The zero-order valence-electron chi connectivity index (χ0n) is 13.6. The van der Waals surface area contributed by atoms with Gasteiger partial charge in [-0.2, -0.15) is 0 Å². The number of ether oxygens (including phenoxy) is 1. The van der Waals surface area contributed by atoms with E-state index in [-0.39, 0.29) is 12.0 Å². The van der Waals surface area contributed by atoms with Crippen LogP contribution >= 0.6 is 0 Å². The molecule has 2 aliphatic heterocycles. The van der Waals surface area contributed by atoms with Gasteiger partial charge in [0.2, 0.25) is 0 Å². The number of hydrogen-bond donors (Lipinski definition) is 0. The highest BCUT2D eigenvalue weighted by Crippen LogP contribution is 2.23. The summed E-state index contributed by atoms with van der Waals surface area (Å²) in [5, 5.41) is 0. The lowest BCUT2D eigenvalue weighted by Crippen LogP contribution is -2.49. The number of carbonyl (C=O) groups excluding carboxylic acids is 2. The van der Waals surface area contributed by atoms with Crippen LogP contribution in [0.4, 0.5) is 4.79 Å². The minimum Gasteiger partial charge on any atom is -0.458 e. The van der Waals surface area contributed by atoms with Crippen LogP contribution in [0.2, 0.25) is 0 Å². The highest BCUT2D eigenvalue weighted by Gasteiger charge is 2.38. The van der Waals surface area contributed by atoms with Crippen LogP contribution in [0.5, 0.6) is 0 Å². The SMILES string of the molecule is CC(C)(C)OC(=O)[C@@H]1CCCN1C(=O)N1CCCCCC1. The number of rotatable bonds is 1. The first-order chi connectivity index (χ1) is 9.88. The first kappa shape index (κ1) is 16.1. The van der Waals surface area contributed by atoms with Crippen LogP contribution in [0.15, 0.2) is 0 Å². The van der Waals surface area contributed by atoms with Gasteiger partial charge in [-0.1, -0.05) is 12.8 Å². The second-order valence-corrected chi connectivity index (χ2v) is 7.07. The summed E-state index contributed by atoms with van der Waals surface area (Å²) in [7, 11) is 0.